The molecule has 3 aliphatic carbocycles. The number of carbonyl (C=O) groups is 2. The third-order valence-electron chi connectivity index (χ3n) is 8.79. The van der Waals surface area contributed by atoms with Crippen LogP contribution >= 0.6 is 0 Å². The van der Waals surface area contributed by atoms with Gasteiger partial charge in [0.05, 0.1) is 11.9 Å². The molecule has 0 bridgehead atoms. The molecule has 0 aliphatic heterocycles. The highest BCUT2D eigenvalue weighted by atomic mass is 16.6. The molecule has 1 aromatic rings. The predicted octanol–water partition coefficient (Wildman–Crippen LogP) is 2.07. The maximum absolute atomic E-state index is 12.5. The van der Waals surface area contributed by atoms with Gasteiger partial charge in [-0.2, -0.15) is 0 Å². The first kappa shape index (κ1) is 23.3. The van der Waals surface area contributed by atoms with E-state index < -0.39 is 64.1 Å². The largest absolute Gasteiger partial charge is 0.469 e. The maximum Gasteiger partial charge on any atom is 0.303 e. The Balaban J connectivity index is 2.00. The lowest BCUT2D eigenvalue weighted by atomic mass is 9.38. The van der Waals surface area contributed by atoms with Gasteiger partial charge in [-0.3, -0.25) is 9.59 Å². The van der Waals surface area contributed by atoms with Gasteiger partial charge >= 0.3 is 11.9 Å². The lowest BCUT2D eigenvalue weighted by Gasteiger charge is -2.70. The van der Waals surface area contributed by atoms with Gasteiger partial charge in [-0.05, 0) is 37.2 Å². The lowest BCUT2D eigenvalue weighted by Crippen LogP contribution is -2.81. The number of carbonyl (C=O) groups excluding carboxylic acids is 2. The molecule has 0 saturated heterocycles. The predicted molar refractivity (Wildman–Crippen MR) is 112 cm³/mol. The van der Waals surface area contributed by atoms with Gasteiger partial charge in [-0.25, -0.2) is 0 Å². The molecule has 8 nitrogen and oxygen atoms in total. The standard InChI is InChI=1S/C24H34O8/c1-12(25)31-17-7-9-21(3,4)24(29)20(32-13(2)26)19(27)18-15(22(17,24)5)11-16-14(8-10-30-16)23(18,6)28/h8,10,15,17-20,27-29H,7,9,11H2,1-6H3. The van der Waals surface area contributed by atoms with Gasteiger partial charge in [0.1, 0.15) is 23.6 Å². The Morgan fingerprint density at radius 3 is 2.31 bits per heavy atom. The van der Waals surface area contributed by atoms with Crippen LogP contribution in [0.2, 0.25) is 0 Å². The Bertz CT molecular complexity index is 932. The van der Waals surface area contributed by atoms with Crippen LogP contribution in [-0.2, 0) is 31.1 Å². The molecule has 32 heavy (non-hydrogen) atoms. The van der Waals surface area contributed by atoms with Crippen molar-refractivity contribution in [3.63, 3.8) is 0 Å². The molecule has 178 valence electrons. The molecule has 3 N–H and O–H groups in total. The Kier molecular flexibility index (Phi) is 5.12. The van der Waals surface area contributed by atoms with E-state index in [2.05, 4.69) is 0 Å². The molecule has 8 heteroatoms. The Morgan fingerprint density at radius 1 is 1.09 bits per heavy atom. The van der Waals surface area contributed by atoms with Crippen molar-refractivity contribution in [1.29, 1.82) is 0 Å². The quantitative estimate of drug-likeness (QED) is 0.585. The van der Waals surface area contributed by atoms with Crippen molar-refractivity contribution < 1.29 is 38.8 Å². The van der Waals surface area contributed by atoms with E-state index in [0.717, 1.165) is 0 Å². The molecule has 8 atom stereocenters. The highest BCUT2D eigenvalue weighted by molar-refractivity contribution is 5.67. The minimum Gasteiger partial charge on any atom is -0.469 e. The summed E-state index contributed by atoms with van der Waals surface area (Å²) in [4.78, 5) is 24.2. The van der Waals surface area contributed by atoms with Crippen molar-refractivity contribution in [3.8, 4) is 0 Å². The highest BCUT2D eigenvalue weighted by Gasteiger charge is 2.77. The second-order valence-electron chi connectivity index (χ2n) is 10.8. The summed E-state index contributed by atoms with van der Waals surface area (Å²) in [6.45, 7) is 9.73. The molecular formula is C24H34O8. The summed E-state index contributed by atoms with van der Waals surface area (Å²) in [5, 5.41) is 35.8. The van der Waals surface area contributed by atoms with Crippen molar-refractivity contribution in [2.24, 2.45) is 22.7 Å². The van der Waals surface area contributed by atoms with Crippen LogP contribution in [0.3, 0.4) is 0 Å². The number of rotatable bonds is 2. The number of hydrogen-bond donors (Lipinski definition) is 3. The number of hydrogen-bond acceptors (Lipinski definition) is 8. The zero-order valence-corrected chi connectivity index (χ0v) is 19.5. The zero-order chi connectivity index (χ0) is 23.9. The molecule has 0 spiro atoms. The SMILES string of the molecule is CC(=O)OC1CCC(C)(C)C2(O)C(OC(C)=O)C(O)C3C(Cc4occc4C3(C)O)C12C. The van der Waals surface area contributed by atoms with Gasteiger partial charge in [0.2, 0.25) is 0 Å². The number of furan rings is 1. The third kappa shape index (κ3) is 2.78. The summed E-state index contributed by atoms with van der Waals surface area (Å²) < 4.78 is 17.1. The normalized spacial score (nSPS) is 44.6. The zero-order valence-electron chi connectivity index (χ0n) is 19.5. The summed E-state index contributed by atoms with van der Waals surface area (Å²) in [5.74, 6) is -1.87. The maximum atomic E-state index is 12.5. The number of ether oxygens (including phenoxy) is 2. The van der Waals surface area contributed by atoms with Crippen molar-refractivity contribution >= 4 is 11.9 Å². The van der Waals surface area contributed by atoms with Gasteiger partial charge < -0.3 is 29.2 Å². The third-order valence-corrected chi connectivity index (χ3v) is 8.79. The molecule has 2 fully saturated rings. The fourth-order valence-corrected chi connectivity index (χ4v) is 7.32. The van der Waals surface area contributed by atoms with Crippen LogP contribution in [0, 0.1) is 22.7 Å². The number of fused-ring (bicyclic) bond motifs is 4. The van der Waals surface area contributed by atoms with E-state index in [1.807, 2.05) is 20.8 Å². The molecule has 0 aromatic carbocycles. The van der Waals surface area contributed by atoms with E-state index in [1.54, 1.807) is 13.0 Å². The van der Waals surface area contributed by atoms with Gasteiger partial charge in [-0.15, -0.1) is 0 Å². The van der Waals surface area contributed by atoms with Crippen molar-refractivity contribution in [2.45, 2.75) is 90.3 Å². The second kappa shape index (κ2) is 7.05. The summed E-state index contributed by atoms with van der Waals surface area (Å²) in [7, 11) is 0. The summed E-state index contributed by atoms with van der Waals surface area (Å²) >= 11 is 0. The molecule has 3 aliphatic rings. The topological polar surface area (TPSA) is 126 Å². The summed E-state index contributed by atoms with van der Waals surface area (Å²) in [6.07, 6.45) is -0.570. The van der Waals surface area contributed by atoms with Gasteiger partial charge in [-0.1, -0.05) is 20.8 Å². The van der Waals surface area contributed by atoms with E-state index in [4.69, 9.17) is 13.9 Å². The fraction of sp³-hybridized carbons (Fsp3) is 0.750. The molecule has 2 saturated carbocycles. The highest BCUT2D eigenvalue weighted by Crippen LogP contribution is 2.68. The van der Waals surface area contributed by atoms with Crippen LogP contribution < -0.4 is 0 Å². The average Bonchev–Trinajstić information content (AvgIpc) is 3.14. The number of esters is 2. The van der Waals surface area contributed by atoms with E-state index in [0.29, 0.717) is 30.6 Å². The van der Waals surface area contributed by atoms with E-state index in [1.165, 1.54) is 20.1 Å². The van der Waals surface area contributed by atoms with E-state index in [-0.39, 0.29) is 0 Å². The smallest absolute Gasteiger partial charge is 0.303 e. The number of aliphatic hydroxyl groups is 3. The minimum atomic E-state index is -1.75. The Morgan fingerprint density at radius 2 is 1.72 bits per heavy atom. The average molecular weight is 451 g/mol. The van der Waals surface area contributed by atoms with E-state index >= 15 is 0 Å². The summed E-state index contributed by atoms with van der Waals surface area (Å²) in [5.41, 5.74) is -4.65. The summed E-state index contributed by atoms with van der Waals surface area (Å²) in [6, 6.07) is 1.68. The molecule has 0 radical (unpaired) electrons. The van der Waals surface area contributed by atoms with Crippen LogP contribution in [0.4, 0.5) is 0 Å². The van der Waals surface area contributed by atoms with Gasteiger partial charge in [0.25, 0.3) is 0 Å². The van der Waals surface area contributed by atoms with Crippen LogP contribution in [-0.4, -0.2) is 51.2 Å². The molecular weight excluding hydrogens is 416 g/mol. The van der Waals surface area contributed by atoms with Crippen LogP contribution in [0.5, 0.6) is 0 Å². The molecule has 1 heterocycles. The molecule has 0 amide bonds. The van der Waals surface area contributed by atoms with E-state index in [9.17, 15) is 24.9 Å². The first-order valence-electron chi connectivity index (χ1n) is 11.2. The second-order valence-corrected chi connectivity index (χ2v) is 10.8. The van der Waals surface area contributed by atoms with Crippen LogP contribution in [0.1, 0.15) is 65.7 Å². The van der Waals surface area contributed by atoms with Crippen LogP contribution in [0.15, 0.2) is 16.7 Å². The molecule has 1 aromatic heterocycles. The first-order chi connectivity index (χ1) is 14.7. The number of aliphatic hydroxyl groups excluding tert-OH is 1. The Labute approximate surface area is 187 Å². The van der Waals surface area contributed by atoms with Gasteiger partial charge in [0.15, 0.2) is 6.10 Å². The van der Waals surface area contributed by atoms with Crippen molar-refractivity contribution in [3.05, 3.63) is 23.7 Å². The monoisotopic (exact) mass is 450 g/mol. The lowest BCUT2D eigenvalue weighted by molar-refractivity contribution is -0.350. The molecule has 8 unspecified atom stereocenters. The van der Waals surface area contributed by atoms with Crippen molar-refractivity contribution in [1.82, 2.24) is 0 Å². The van der Waals surface area contributed by atoms with Gasteiger partial charge in [0, 0.05) is 37.2 Å². The van der Waals surface area contributed by atoms with Crippen molar-refractivity contribution in [2.75, 3.05) is 0 Å². The molecule has 4 rings (SSSR count). The fourth-order valence-electron chi connectivity index (χ4n) is 7.32. The Hall–Kier alpha value is -1.90. The van der Waals surface area contributed by atoms with Crippen LogP contribution in [0.25, 0.3) is 0 Å². The first-order valence-corrected chi connectivity index (χ1v) is 11.2. The minimum absolute atomic E-state index is 0.333.